The van der Waals surface area contributed by atoms with Gasteiger partial charge in [0.15, 0.2) is 11.6 Å². The summed E-state index contributed by atoms with van der Waals surface area (Å²) >= 11 is 0. The summed E-state index contributed by atoms with van der Waals surface area (Å²) in [5.41, 5.74) is 3.43. The number of hydrogen-bond donors (Lipinski definition) is 0. The van der Waals surface area contributed by atoms with Gasteiger partial charge in [-0.05, 0) is 56.9 Å². The van der Waals surface area contributed by atoms with Crippen molar-refractivity contribution in [2.45, 2.75) is 12.8 Å². The van der Waals surface area contributed by atoms with Crippen LogP contribution >= 0.6 is 0 Å². The standard InChI is InChI=1S/C26H18O4/c27-23-7-9-29-25-13-19-15(11-21(23)25)3-1-5-17(19)18-6-2-4-16-12-22-24(28)8-10-30-26(22)14-20(16)18/h1-6,11-14H,7-10H2. The summed E-state index contributed by atoms with van der Waals surface area (Å²) in [5, 5.41) is 4.08. The molecule has 2 aliphatic heterocycles. The molecule has 2 heterocycles. The van der Waals surface area contributed by atoms with Crippen molar-refractivity contribution in [3.63, 3.8) is 0 Å². The molecular formula is C26H18O4. The lowest BCUT2D eigenvalue weighted by Crippen LogP contribution is -2.15. The molecule has 146 valence electrons. The van der Waals surface area contributed by atoms with Crippen LogP contribution in [-0.2, 0) is 0 Å². The molecule has 2 aliphatic rings. The molecule has 4 aromatic rings. The van der Waals surface area contributed by atoms with Crippen LogP contribution in [0.3, 0.4) is 0 Å². The van der Waals surface area contributed by atoms with Gasteiger partial charge in [0, 0.05) is 12.8 Å². The van der Waals surface area contributed by atoms with Gasteiger partial charge >= 0.3 is 0 Å². The molecule has 4 nitrogen and oxygen atoms in total. The predicted octanol–water partition coefficient (Wildman–Crippen LogP) is 5.59. The number of carbonyl (C=O) groups excluding carboxylic acids is 2. The molecule has 4 heteroatoms. The van der Waals surface area contributed by atoms with Gasteiger partial charge in [0.2, 0.25) is 0 Å². The van der Waals surface area contributed by atoms with Crippen molar-refractivity contribution < 1.29 is 19.1 Å². The van der Waals surface area contributed by atoms with Crippen LogP contribution in [0, 0.1) is 0 Å². The lowest BCUT2D eigenvalue weighted by atomic mass is 9.90. The van der Waals surface area contributed by atoms with Gasteiger partial charge < -0.3 is 9.47 Å². The van der Waals surface area contributed by atoms with Crippen molar-refractivity contribution in [2.24, 2.45) is 0 Å². The van der Waals surface area contributed by atoms with Crippen molar-refractivity contribution in [3.8, 4) is 22.6 Å². The number of hydrogen-bond acceptors (Lipinski definition) is 4. The van der Waals surface area contributed by atoms with Crippen LogP contribution in [0.5, 0.6) is 11.5 Å². The maximum atomic E-state index is 12.3. The van der Waals surface area contributed by atoms with Crippen LogP contribution in [0.25, 0.3) is 32.7 Å². The van der Waals surface area contributed by atoms with Crippen molar-refractivity contribution in [3.05, 3.63) is 71.8 Å². The zero-order valence-corrected chi connectivity index (χ0v) is 16.2. The molecular weight excluding hydrogens is 376 g/mol. The van der Waals surface area contributed by atoms with E-state index < -0.39 is 0 Å². The smallest absolute Gasteiger partial charge is 0.170 e. The number of carbonyl (C=O) groups is 2. The van der Waals surface area contributed by atoms with Crippen LogP contribution in [0.2, 0.25) is 0 Å². The fourth-order valence-corrected chi connectivity index (χ4v) is 4.53. The molecule has 0 spiro atoms. The highest BCUT2D eigenvalue weighted by atomic mass is 16.5. The summed E-state index contributed by atoms with van der Waals surface area (Å²) in [6.07, 6.45) is 0.844. The Balaban J connectivity index is 1.62. The highest BCUT2D eigenvalue weighted by molar-refractivity contribution is 6.11. The molecule has 30 heavy (non-hydrogen) atoms. The van der Waals surface area contributed by atoms with E-state index in [1.165, 1.54) is 0 Å². The largest absolute Gasteiger partial charge is 0.492 e. The number of Topliss-reactive ketones (excluding diaryl/α,β-unsaturated/α-hetero) is 2. The topological polar surface area (TPSA) is 52.6 Å². The SMILES string of the molecule is O=C1CCOc2cc3c(-c4cccc5cc6c(cc45)OCCC6=O)cccc3cc21. The van der Waals surface area contributed by atoms with Gasteiger partial charge in [-0.25, -0.2) is 0 Å². The highest BCUT2D eigenvalue weighted by Crippen LogP contribution is 2.40. The van der Waals surface area contributed by atoms with E-state index in [1.54, 1.807) is 0 Å². The number of rotatable bonds is 1. The van der Waals surface area contributed by atoms with Crippen LogP contribution in [0.1, 0.15) is 33.6 Å². The second-order valence-electron chi connectivity index (χ2n) is 7.79. The van der Waals surface area contributed by atoms with Gasteiger partial charge in [-0.2, -0.15) is 0 Å². The second kappa shape index (κ2) is 6.42. The summed E-state index contributed by atoms with van der Waals surface area (Å²) < 4.78 is 11.6. The Bertz CT molecular complexity index is 1280. The predicted molar refractivity (Wildman–Crippen MR) is 116 cm³/mol. The van der Waals surface area contributed by atoms with E-state index >= 15 is 0 Å². The fourth-order valence-electron chi connectivity index (χ4n) is 4.53. The Labute approximate surface area is 173 Å². The third-order valence-electron chi connectivity index (χ3n) is 6.03. The minimum absolute atomic E-state index is 0.127. The minimum atomic E-state index is 0.127. The first-order valence-corrected chi connectivity index (χ1v) is 10.1. The van der Waals surface area contributed by atoms with Gasteiger partial charge in [-0.15, -0.1) is 0 Å². The summed E-state index contributed by atoms with van der Waals surface area (Å²) in [7, 11) is 0. The van der Waals surface area contributed by atoms with E-state index in [9.17, 15) is 9.59 Å². The van der Waals surface area contributed by atoms with Crippen molar-refractivity contribution in [2.75, 3.05) is 13.2 Å². The van der Waals surface area contributed by atoms with Crippen molar-refractivity contribution in [1.29, 1.82) is 0 Å². The average Bonchev–Trinajstić information content (AvgIpc) is 2.77. The Morgan fingerprint density at radius 3 is 1.50 bits per heavy atom. The molecule has 0 aromatic heterocycles. The first kappa shape index (κ1) is 17.2. The summed E-state index contributed by atoms with van der Waals surface area (Å²) in [6, 6.07) is 20.1. The quantitative estimate of drug-likeness (QED) is 0.422. The number of ether oxygens (including phenoxy) is 2. The van der Waals surface area contributed by atoms with E-state index in [-0.39, 0.29) is 11.6 Å². The third-order valence-corrected chi connectivity index (χ3v) is 6.03. The molecule has 0 saturated carbocycles. The third kappa shape index (κ3) is 2.53. The first-order chi connectivity index (χ1) is 14.7. The Hall–Kier alpha value is -3.66. The first-order valence-electron chi connectivity index (χ1n) is 10.1. The van der Waals surface area contributed by atoms with Gasteiger partial charge in [0.05, 0.1) is 24.3 Å². The van der Waals surface area contributed by atoms with Gasteiger partial charge in [-0.3, -0.25) is 9.59 Å². The van der Waals surface area contributed by atoms with Gasteiger partial charge in [-0.1, -0.05) is 36.4 Å². The van der Waals surface area contributed by atoms with E-state index in [2.05, 4.69) is 12.1 Å². The van der Waals surface area contributed by atoms with Crippen molar-refractivity contribution >= 4 is 33.1 Å². The maximum absolute atomic E-state index is 12.3. The monoisotopic (exact) mass is 394 g/mol. The molecule has 0 saturated heterocycles. The minimum Gasteiger partial charge on any atom is -0.492 e. The molecule has 0 radical (unpaired) electrons. The van der Waals surface area contributed by atoms with Crippen LogP contribution < -0.4 is 9.47 Å². The van der Waals surface area contributed by atoms with E-state index in [1.807, 2.05) is 48.5 Å². The summed E-state index contributed by atoms with van der Waals surface area (Å²) in [6.45, 7) is 0.844. The Kier molecular flexibility index (Phi) is 3.69. The lowest BCUT2D eigenvalue weighted by molar-refractivity contribution is 0.0925. The molecule has 0 fully saturated rings. The molecule has 0 aliphatic carbocycles. The van der Waals surface area contributed by atoms with E-state index in [0.29, 0.717) is 48.7 Å². The Morgan fingerprint density at radius 1 is 0.567 bits per heavy atom. The van der Waals surface area contributed by atoms with E-state index in [4.69, 9.17) is 9.47 Å². The molecule has 4 aromatic carbocycles. The molecule has 0 amide bonds. The summed E-state index contributed by atoms with van der Waals surface area (Å²) in [5.74, 6) is 1.56. The molecule has 0 N–H and O–H groups in total. The molecule has 0 unspecified atom stereocenters. The average molecular weight is 394 g/mol. The molecule has 6 rings (SSSR count). The van der Waals surface area contributed by atoms with Crippen molar-refractivity contribution in [1.82, 2.24) is 0 Å². The Morgan fingerprint density at radius 2 is 1.03 bits per heavy atom. The normalized spacial score (nSPS) is 15.5. The molecule has 0 bridgehead atoms. The maximum Gasteiger partial charge on any atom is 0.170 e. The van der Waals surface area contributed by atoms with E-state index in [0.717, 1.165) is 32.7 Å². The van der Waals surface area contributed by atoms with Gasteiger partial charge in [0.1, 0.15) is 11.5 Å². The number of benzene rings is 4. The number of fused-ring (bicyclic) bond motifs is 4. The molecule has 0 atom stereocenters. The highest BCUT2D eigenvalue weighted by Gasteiger charge is 2.22. The van der Waals surface area contributed by atoms with Gasteiger partial charge in [0.25, 0.3) is 0 Å². The van der Waals surface area contributed by atoms with Crippen LogP contribution in [0.15, 0.2) is 60.7 Å². The summed E-state index contributed by atoms with van der Waals surface area (Å²) in [4.78, 5) is 24.6. The lowest BCUT2D eigenvalue weighted by Gasteiger charge is -2.20. The number of ketones is 2. The fraction of sp³-hybridized carbons (Fsp3) is 0.154. The zero-order valence-electron chi connectivity index (χ0n) is 16.2. The second-order valence-corrected chi connectivity index (χ2v) is 7.79. The van der Waals surface area contributed by atoms with Crippen LogP contribution in [-0.4, -0.2) is 24.8 Å². The zero-order chi connectivity index (χ0) is 20.2. The van der Waals surface area contributed by atoms with Crippen LogP contribution in [0.4, 0.5) is 0 Å².